The van der Waals surface area contributed by atoms with Gasteiger partial charge in [0.1, 0.15) is 6.04 Å². The van der Waals surface area contributed by atoms with Gasteiger partial charge in [-0.3, -0.25) is 4.68 Å². The Hall–Kier alpha value is -2.31. The van der Waals surface area contributed by atoms with Crippen LogP contribution in [-0.4, -0.2) is 39.5 Å². The molecule has 0 aromatic carbocycles. The van der Waals surface area contributed by atoms with Gasteiger partial charge >= 0.3 is 12.0 Å². The molecule has 0 radical (unpaired) electrons. The molecule has 0 aliphatic rings. The Balaban J connectivity index is 2.30. The van der Waals surface area contributed by atoms with Crippen LogP contribution in [0, 0.1) is 0 Å². The highest BCUT2D eigenvalue weighted by atomic mass is 16.4. The van der Waals surface area contributed by atoms with Crippen molar-refractivity contribution in [2.45, 2.75) is 18.9 Å². The first-order chi connectivity index (χ1) is 9.02. The van der Waals surface area contributed by atoms with E-state index in [4.69, 9.17) is 5.11 Å². The van der Waals surface area contributed by atoms with Crippen LogP contribution >= 0.6 is 0 Å². The quantitative estimate of drug-likeness (QED) is 0.618. The molecule has 2 amide bonds. The molecule has 7 nitrogen and oxygen atoms in total. The Morgan fingerprint density at radius 1 is 1.63 bits per heavy atom. The fraction of sp³-hybridized carbons (Fsp3) is 0.417. The number of aryl methyl sites for hydroxylation is 1. The normalized spacial score (nSPS) is 11.6. The maximum atomic E-state index is 11.5. The predicted octanol–water partition coefficient (Wildman–Crippen LogP) is 0.291. The summed E-state index contributed by atoms with van der Waals surface area (Å²) in [4.78, 5) is 22.3. The van der Waals surface area contributed by atoms with Crippen LogP contribution < -0.4 is 10.6 Å². The third-order valence-corrected chi connectivity index (χ3v) is 2.46. The molecule has 0 fully saturated rings. The van der Waals surface area contributed by atoms with Crippen LogP contribution in [0.1, 0.15) is 12.0 Å². The zero-order chi connectivity index (χ0) is 14.3. The van der Waals surface area contributed by atoms with Gasteiger partial charge in [-0.25, -0.2) is 9.59 Å². The number of rotatable bonds is 7. The first kappa shape index (κ1) is 14.7. The molecule has 0 bridgehead atoms. The molecule has 104 valence electrons. The number of nitrogens with one attached hydrogen (secondary N) is 2. The maximum absolute atomic E-state index is 11.5. The lowest BCUT2D eigenvalue weighted by molar-refractivity contribution is -0.139. The largest absolute Gasteiger partial charge is 0.480 e. The Bertz CT molecular complexity index is 456. The molecule has 1 rings (SSSR count). The number of amides is 2. The number of carboxylic acid groups (broad SMARTS) is 1. The Labute approximate surface area is 111 Å². The van der Waals surface area contributed by atoms with E-state index >= 15 is 0 Å². The van der Waals surface area contributed by atoms with Gasteiger partial charge in [0.05, 0.1) is 6.20 Å². The maximum Gasteiger partial charge on any atom is 0.326 e. The van der Waals surface area contributed by atoms with Gasteiger partial charge in [-0.05, 0) is 18.4 Å². The number of carbonyl (C=O) groups excluding carboxylic acids is 1. The zero-order valence-corrected chi connectivity index (χ0v) is 10.8. The number of urea groups is 1. The second-order valence-corrected chi connectivity index (χ2v) is 4.09. The van der Waals surface area contributed by atoms with Gasteiger partial charge in [0, 0.05) is 19.8 Å². The molecule has 19 heavy (non-hydrogen) atoms. The molecule has 0 aliphatic carbocycles. The number of carboxylic acids is 1. The van der Waals surface area contributed by atoms with Gasteiger partial charge < -0.3 is 15.7 Å². The third kappa shape index (κ3) is 5.24. The summed E-state index contributed by atoms with van der Waals surface area (Å²) in [6.07, 6.45) is 5.86. The number of aliphatic carboxylic acids is 1. The van der Waals surface area contributed by atoms with E-state index in [2.05, 4.69) is 22.3 Å². The van der Waals surface area contributed by atoms with Crippen molar-refractivity contribution in [3.63, 3.8) is 0 Å². The van der Waals surface area contributed by atoms with E-state index in [1.54, 1.807) is 10.9 Å². The van der Waals surface area contributed by atoms with Crippen molar-refractivity contribution in [2.75, 3.05) is 6.54 Å². The molecule has 0 saturated heterocycles. The van der Waals surface area contributed by atoms with E-state index in [1.807, 2.05) is 13.2 Å². The highest BCUT2D eigenvalue weighted by Crippen LogP contribution is 1.96. The summed E-state index contributed by atoms with van der Waals surface area (Å²) in [7, 11) is 1.82. The Kier molecular flexibility index (Phi) is 5.59. The molecule has 7 heteroatoms. The molecule has 1 aromatic heterocycles. The lowest BCUT2D eigenvalue weighted by Crippen LogP contribution is -2.46. The van der Waals surface area contributed by atoms with Crippen LogP contribution in [0.3, 0.4) is 0 Å². The van der Waals surface area contributed by atoms with E-state index < -0.39 is 18.0 Å². The molecule has 0 saturated carbocycles. The van der Waals surface area contributed by atoms with Crippen LogP contribution in [0.25, 0.3) is 0 Å². The summed E-state index contributed by atoms with van der Waals surface area (Å²) in [5, 5.41) is 17.8. The second kappa shape index (κ2) is 7.20. The van der Waals surface area contributed by atoms with E-state index in [0.29, 0.717) is 13.0 Å². The molecular weight excluding hydrogens is 248 g/mol. The summed E-state index contributed by atoms with van der Waals surface area (Å²) in [5.41, 5.74) is 1.00. The zero-order valence-electron chi connectivity index (χ0n) is 10.8. The Morgan fingerprint density at radius 2 is 2.37 bits per heavy atom. The molecule has 3 N–H and O–H groups in total. The van der Waals surface area contributed by atoms with Crippen LogP contribution in [-0.2, 0) is 18.3 Å². The number of hydrogen-bond acceptors (Lipinski definition) is 3. The van der Waals surface area contributed by atoms with Crippen molar-refractivity contribution in [2.24, 2.45) is 7.05 Å². The average molecular weight is 266 g/mol. The van der Waals surface area contributed by atoms with Crippen molar-refractivity contribution in [1.29, 1.82) is 0 Å². The van der Waals surface area contributed by atoms with Gasteiger partial charge in [-0.1, -0.05) is 6.08 Å². The van der Waals surface area contributed by atoms with Crippen molar-refractivity contribution in [1.82, 2.24) is 20.4 Å². The van der Waals surface area contributed by atoms with Crippen LogP contribution in [0.15, 0.2) is 25.0 Å². The van der Waals surface area contributed by atoms with E-state index in [-0.39, 0.29) is 6.42 Å². The minimum absolute atomic E-state index is 0.186. The minimum Gasteiger partial charge on any atom is -0.480 e. The SMILES string of the molecule is C=CCC(NC(=O)NCCc1cnn(C)c1)C(=O)O. The topological polar surface area (TPSA) is 96.3 Å². The summed E-state index contributed by atoms with van der Waals surface area (Å²) in [6.45, 7) is 3.86. The Morgan fingerprint density at radius 3 is 2.89 bits per heavy atom. The minimum atomic E-state index is -1.08. The number of nitrogens with zero attached hydrogens (tertiary/aromatic N) is 2. The van der Waals surface area contributed by atoms with Crippen LogP contribution in [0.5, 0.6) is 0 Å². The standard InChI is InChI=1S/C12H18N4O3/c1-3-4-10(11(17)18)15-12(19)13-6-5-9-7-14-16(2)8-9/h3,7-8,10H,1,4-6H2,2H3,(H,17,18)(H2,13,15,19). The van der Waals surface area contributed by atoms with Crippen molar-refractivity contribution < 1.29 is 14.7 Å². The highest BCUT2D eigenvalue weighted by molar-refractivity contribution is 5.82. The summed E-state index contributed by atoms with van der Waals surface area (Å²) >= 11 is 0. The van der Waals surface area contributed by atoms with Gasteiger partial charge in [0.15, 0.2) is 0 Å². The lowest BCUT2D eigenvalue weighted by atomic mass is 10.2. The van der Waals surface area contributed by atoms with Crippen molar-refractivity contribution in [3.8, 4) is 0 Å². The first-order valence-electron chi connectivity index (χ1n) is 5.88. The van der Waals surface area contributed by atoms with Gasteiger partial charge in [-0.15, -0.1) is 6.58 Å². The van der Waals surface area contributed by atoms with Gasteiger partial charge in [-0.2, -0.15) is 5.10 Å². The molecule has 1 atom stereocenters. The summed E-state index contributed by atoms with van der Waals surface area (Å²) in [6, 6.07) is -1.45. The smallest absolute Gasteiger partial charge is 0.326 e. The molecule has 1 unspecified atom stereocenters. The monoisotopic (exact) mass is 266 g/mol. The van der Waals surface area contributed by atoms with Crippen molar-refractivity contribution >= 4 is 12.0 Å². The van der Waals surface area contributed by atoms with E-state index in [0.717, 1.165) is 5.56 Å². The third-order valence-electron chi connectivity index (χ3n) is 2.46. The van der Waals surface area contributed by atoms with Crippen molar-refractivity contribution in [3.05, 3.63) is 30.6 Å². The van der Waals surface area contributed by atoms with Crippen LogP contribution in [0.4, 0.5) is 4.79 Å². The molecule has 1 heterocycles. The number of hydrogen-bond donors (Lipinski definition) is 3. The predicted molar refractivity (Wildman–Crippen MR) is 69.7 cm³/mol. The van der Waals surface area contributed by atoms with E-state index in [9.17, 15) is 9.59 Å². The fourth-order valence-corrected chi connectivity index (χ4v) is 1.52. The highest BCUT2D eigenvalue weighted by Gasteiger charge is 2.17. The molecule has 1 aromatic rings. The second-order valence-electron chi connectivity index (χ2n) is 4.09. The number of aromatic nitrogens is 2. The molecule has 0 aliphatic heterocycles. The van der Waals surface area contributed by atoms with Gasteiger partial charge in [0.2, 0.25) is 0 Å². The molecule has 0 spiro atoms. The molecular formula is C12H18N4O3. The summed E-state index contributed by atoms with van der Waals surface area (Å²) < 4.78 is 1.68. The lowest BCUT2D eigenvalue weighted by Gasteiger charge is -2.13. The number of carbonyl (C=O) groups is 2. The average Bonchev–Trinajstić information content (AvgIpc) is 2.74. The van der Waals surface area contributed by atoms with E-state index in [1.165, 1.54) is 6.08 Å². The first-order valence-corrected chi connectivity index (χ1v) is 5.88. The van der Waals surface area contributed by atoms with Crippen LogP contribution in [0.2, 0.25) is 0 Å². The van der Waals surface area contributed by atoms with Gasteiger partial charge in [0.25, 0.3) is 0 Å². The summed E-state index contributed by atoms with van der Waals surface area (Å²) in [5.74, 6) is -1.08. The fourth-order valence-electron chi connectivity index (χ4n) is 1.52.